The molecule has 1 atom stereocenters. The minimum Gasteiger partial charge on any atom is -0.349 e. The van der Waals surface area contributed by atoms with Gasteiger partial charge in [0.15, 0.2) is 0 Å². The third kappa shape index (κ3) is 4.64. The second-order valence-corrected chi connectivity index (χ2v) is 6.86. The second-order valence-electron chi connectivity index (χ2n) is 6.86. The topological polar surface area (TPSA) is 59.8 Å². The Morgan fingerprint density at radius 3 is 2.52 bits per heavy atom. The number of pyridine rings is 1. The molecule has 0 unspecified atom stereocenters. The number of benzene rings is 1. The highest BCUT2D eigenvalue weighted by Crippen LogP contribution is 2.31. The first kappa shape index (κ1) is 20.6. The van der Waals surface area contributed by atoms with Crippen molar-refractivity contribution in [2.45, 2.75) is 39.4 Å². The zero-order valence-electron chi connectivity index (χ0n) is 16.3. The van der Waals surface area contributed by atoms with Crippen molar-refractivity contribution in [1.29, 1.82) is 0 Å². The molecule has 1 amide bonds. The van der Waals surface area contributed by atoms with Crippen molar-refractivity contribution < 1.29 is 18.0 Å². The number of nitrogens with one attached hydrogen (secondary N) is 1. The molecule has 29 heavy (non-hydrogen) atoms. The molecule has 3 aromatic rings. The van der Waals surface area contributed by atoms with Crippen LogP contribution in [0.1, 0.15) is 41.0 Å². The zero-order chi connectivity index (χ0) is 21.2. The van der Waals surface area contributed by atoms with Crippen molar-refractivity contribution in [3.05, 3.63) is 76.9 Å². The summed E-state index contributed by atoms with van der Waals surface area (Å²) in [4.78, 5) is 16.5. The number of nitrogens with zero attached hydrogens (tertiary/aromatic N) is 3. The van der Waals surface area contributed by atoms with Gasteiger partial charge in [-0.1, -0.05) is 6.07 Å². The molecule has 1 aromatic carbocycles. The van der Waals surface area contributed by atoms with E-state index in [0.717, 1.165) is 17.7 Å². The predicted octanol–water partition coefficient (Wildman–Crippen LogP) is 4.32. The number of halogens is 3. The van der Waals surface area contributed by atoms with Crippen LogP contribution >= 0.6 is 0 Å². The van der Waals surface area contributed by atoms with Gasteiger partial charge >= 0.3 is 6.18 Å². The molecule has 0 aliphatic heterocycles. The number of aryl methyl sites for hydroxylation is 1. The van der Waals surface area contributed by atoms with Gasteiger partial charge in [-0.15, -0.1) is 0 Å². The Kier molecular flexibility index (Phi) is 5.72. The summed E-state index contributed by atoms with van der Waals surface area (Å²) in [5.41, 5.74) is 2.42. The number of hydrogen-bond donors (Lipinski definition) is 1. The van der Waals surface area contributed by atoms with Gasteiger partial charge in [0, 0.05) is 23.7 Å². The van der Waals surface area contributed by atoms with E-state index < -0.39 is 11.7 Å². The molecule has 0 bridgehead atoms. The zero-order valence-corrected chi connectivity index (χ0v) is 16.3. The van der Waals surface area contributed by atoms with Crippen LogP contribution in [-0.2, 0) is 17.4 Å². The van der Waals surface area contributed by atoms with Gasteiger partial charge in [0.05, 0.1) is 29.4 Å². The fourth-order valence-electron chi connectivity index (χ4n) is 3.18. The van der Waals surface area contributed by atoms with Gasteiger partial charge in [-0.2, -0.15) is 18.3 Å². The van der Waals surface area contributed by atoms with E-state index in [1.165, 1.54) is 10.7 Å². The van der Waals surface area contributed by atoms with Crippen LogP contribution in [0.15, 0.2) is 48.8 Å². The molecule has 2 aromatic heterocycles. The molecule has 1 N–H and O–H groups in total. The van der Waals surface area contributed by atoms with Crippen LogP contribution in [0.5, 0.6) is 0 Å². The molecule has 3 rings (SSSR count). The number of hydrogen-bond acceptors (Lipinski definition) is 3. The maximum atomic E-state index is 13.0. The van der Waals surface area contributed by atoms with E-state index in [0.29, 0.717) is 22.6 Å². The molecule has 8 heteroatoms. The standard InChI is InChI=1S/C21H21F3N4O/c1-13(16-7-9-25-10-8-16)26-20(29)12-19-14(2)27-28(15(19)3)18-6-4-5-17(11-18)21(22,23)24/h4-11,13H,12H2,1-3H3,(H,26,29)/t13-/m1/s1. The first-order valence-corrected chi connectivity index (χ1v) is 9.09. The van der Waals surface area contributed by atoms with Crippen LogP contribution in [0.3, 0.4) is 0 Å². The van der Waals surface area contributed by atoms with Crippen molar-refractivity contribution in [3.63, 3.8) is 0 Å². The Bertz CT molecular complexity index is 1010. The smallest absolute Gasteiger partial charge is 0.349 e. The summed E-state index contributed by atoms with van der Waals surface area (Å²) >= 11 is 0. The van der Waals surface area contributed by atoms with E-state index in [1.807, 2.05) is 19.1 Å². The third-order valence-electron chi connectivity index (χ3n) is 4.78. The van der Waals surface area contributed by atoms with Gasteiger partial charge in [0.1, 0.15) is 0 Å². The highest BCUT2D eigenvalue weighted by atomic mass is 19.4. The number of amides is 1. The molecule has 0 radical (unpaired) electrons. The summed E-state index contributed by atoms with van der Waals surface area (Å²) in [5.74, 6) is -0.191. The molecule has 0 aliphatic rings. The largest absolute Gasteiger partial charge is 0.416 e. The van der Waals surface area contributed by atoms with E-state index in [4.69, 9.17) is 0 Å². The average molecular weight is 402 g/mol. The lowest BCUT2D eigenvalue weighted by Crippen LogP contribution is -2.28. The van der Waals surface area contributed by atoms with Gasteiger partial charge in [0.25, 0.3) is 0 Å². The van der Waals surface area contributed by atoms with E-state index in [9.17, 15) is 18.0 Å². The molecular formula is C21H21F3N4O. The summed E-state index contributed by atoms with van der Waals surface area (Å²) in [7, 11) is 0. The fourth-order valence-corrected chi connectivity index (χ4v) is 3.18. The monoisotopic (exact) mass is 402 g/mol. The molecule has 0 saturated heterocycles. The molecule has 5 nitrogen and oxygen atoms in total. The van der Waals surface area contributed by atoms with E-state index >= 15 is 0 Å². The summed E-state index contributed by atoms with van der Waals surface area (Å²) in [6, 6.07) is 8.44. The molecule has 0 spiro atoms. The summed E-state index contributed by atoms with van der Waals surface area (Å²) in [6.07, 6.45) is -1.03. The Balaban J connectivity index is 1.80. The van der Waals surface area contributed by atoms with Crippen molar-refractivity contribution in [3.8, 4) is 5.69 Å². The minimum absolute atomic E-state index is 0.0893. The van der Waals surface area contributed by atoms with Gasteiger partial charge in [-0.25, -0.2) is 4.68 Å². The predicted molar refractivity (Wildman–Crippen MR) is 103 cm³/mol. The average Bonchev–Trinajstić information content (AvgIpc) is 2.96. The molecule has 152 valence electrons. The van der Waals surface area contributed by atoms with E-state index in [2.05, 4.69) is 15.4 Å². The van der Waals surface area contributed by atoms with Crippen molar-refractivity contribution in [1.82, 2.24) is 20.1 Å². The highest BCUT2D eigenvalue weighted by Gasteiger charge is 2.30. The molecule has 2 heterocycles. The summed E-state index contributed by atoms with van der Waals surface area (Å²) in [5, 5.41) is 7.28. The number of alkyl halides is 3. The normalized spacial score (nSPS) is 12.6. The van der Waals surface area contributed by atoms with Crippen LogP contribution in [0, 0.1) is 13.8 Å². The lowest BCUT2D eigenvalue weighted by atomic mass is 10.1. The summed E-state index contributed by atoms with van der Waals surface area (Å²) < 4.78 is 40.5. The Hall–Kier alpha value is -3.16. The quantitative estimate of drug-likeness (QED) is 0.691. The van der Waals surface area contributed by atoms with Crippen molar-refractivity contribution in [2.75, 3.05) is 0 Å². The van der Waals surface area contributed by atoms with Gasteiger partial charge in [-0.05, 0) is 56.7 Å². The van der Waals surface area contributed by atoms with Crippen molar-refractivity contribution >= 4 is 5.91 Å². The Morgan fingerprint density at radius 1 is 1.17 bits per heavy atom. The SMILES string of the molecule is Cc1nn(-c2cccc(C(F)(F)F)c2)c(C)c1CC(=O)N[C@H](C)c1ccncc1. The molecular weight excluding hydrogens is 381 g/mol. The molecule has 0 fully saturated rings. The Labute approximate surface area is 166 Å². The van der Waals surface area contributed by atoms with Gasteiger partial charge in [-0.3, -0.25) is 9.78 Å². The maximum absolute atomic E-state index is 13.0. The number of carbonyl (C=O) groups excluding carboxylic acids is 1. The first-order chi connectivity index (χ1) is 13.7. The van der Waals surface area contributed by atoms with Gasteiger partial charge < -0.3 is 5.32 Å². The van der Waals surface area contributed by atoms with Crippen molar-refractivity contribution in [2.24, 2.45) is 0 Å². The van der Waals surface area contributed by atoms with Crippen LogP contribution < -0.4 is 5.32 Å². The van der Waals surface area contributed by atoms with Gasteiger partial charge in [0.2, 0.25) is 5.91 Å². The lowest BCUT2D eigenvalue weighted by Gasteiger charge is -2.14. The maximum Gasteiger partial charge on any atom is 0.416 e. The van der Waals surface area contributed by atoms with Crippen LogP contribution in [0.25, 0.3) is 5.69 Å². The number of aromatic nitrogens is 3. The fraction of sp³-hybridized carbons (Fsp3) is 0.286. The van der Waals surface area contributed by atoms with E-state index in [1.54, 1.807) is 32.3 Å². The second kappa shape index (κ2) is 8.06. The first-order valence-electron chi connectivity index (χ1n) is 9.09. The highest BCUT2D eigenvalue weighted by molar-refractivity contribution is 5.79. The van der Waals surface area contributed by atoms with Crippen LogP contribution in [0.4, 0.5) is 13.2 Å². The third-order valence-corrected chi connectivity index (χ3v) is 4.78. The number of carbonyl (C=O) groups is 1. The van der Waals surface area contributed by atoms with Crippen LogP contribution in [-0.4, -0.2) is 20.7 Å². The minimum atomic E-state index is -4.43. The van der Waals surface area contributed by atoms with E-state index in [-0.39, 0.29) is 18.4 Å². The lowest BCUT2D eigenvalue weighted by molar-refractivity contribution is -0.137. The van der Waals surface area contributed by atoms with Crippen LogP contribution in [0.2, 0.25) is 0 Å². The molecule has 0 saturated carbocycles. The summed E-state index contributed by atoms with van der Waals surface area (Å²) in [6.45, 7) is 5.36. The molecule has 0 aliphatic carbocycles. The number of rotatable bonds is 5. The Morgan fingerprint density at radius 2 is 1.86 bits per heavy atom.